The maximum Gasteiger partial charge on any atom is 0.269 e. The van der Waals surface area contributed by atoms with Gasteiger partial charge in [-0.2, -0.15) is 5.10 Å². The van der Waals surface area contributed by atoms with E-state index in [0.717, 1.165) is 40.9 Å². The van der Waals surface area contributed by atoms with Crippen LogP contribution in [0.5, 0.6) is 5.75 Å². The van der Waals surface area contributed by atoms with Crippen molar-refractivity contribution in [2.45, 2.75) is 19.4 Å². The predicted molar refractivity (Wildman–Crippen MR) is 102 cm³/mol. The Morgan fingerprint density at radius 1 is 1.15 bits per heavy atom. The monoisotopic (exact) mass is 358 g/mol. The molecule has 0 bridgehead atoms. The maximum atomic E-state index is 12.3. The third-order valence-electron chi connectivity index (χ3n) is 5.12. The Bertz CT molecular complexity index is 1080. The van der Waals surface area contributed by atoms with Gasteiger partial charge in [0.1, 0.15) is 11.4 Å². The summed E-state index contributed by atoms with van der Waals surface area (Å²) in [6.07, 6.45) is 7.50. The minimum Gasteiger partial charge on any atom is -0.508 e. The molecule has 2 aliphatic rings. The predicted octanol–water partition coefficient (Wildman–Crippen LogP) is 2.66. The van der Waals surface area contributed by atoms with E-state index < -0.39 is 0 Å². The highest BCUT2D eigenvalue weighted by Gasteiger charge is 2.30. The number of aryl methyl sites for hydroxylation is 1. The van der Waals surface area contributed by atoms with Gasteiger partial charge >= 0.3 is 0 Å². The number of hydrogen-bond acceptors (Lipinski definition) is 4. The summed E-state index contributed by atoms with van der Waals surface area (Å²) in [5, 5.41) is 17.0. The third kappa shape index (κ3) is 2.70. The molecule has 6 heteroatoms. The van der Waals surface area contributed by atoms with Crippen molar-refractivity contribution in [1.29, 1.82) is 0 Å². The van der Waals surface area contributed by atoms with Crippen LogP contribution in [-0.2, 0) is 19.4 Å². The lowest BCUT2D eigenvalue weighted by molar-refractivity contribution is 0.0923. The van der Waals surface area contributed by atoms with E-state index >= 15 is 0 Å². The molecule has 134 valence electrons. The molecule has 5 rings (SSSR count). The third-order valence-corrected chi connectivity index (χ3v) is 5.12. The van der Waals surface area contributed by atoms with Gasteiger partial charge in [0.2, 0.25) is 0 Å². The van der Waals surface area contributed by atoms with Crippen LogP contribution in [0.3, 0.4) is 0 Å². The number of amides is 1. The van der Waals surface area contributed by atoms with E-state index in [2.05, 4.69) is 10.3 Å². The van der Waals surface area contributed by atoms with Gasteiger partial charge in [0.15, 0.2) is 0 Å². The smallest absolute Gasteiger partial charge is 0.269 e. The number of fused-ring (bicyclic) bond motifs is 5. The van der Waals surface area contributed by atoms with Gasteiger partial charge in [-0.25, -0.2) is 0 Å². The minimum absolute atomic E-state index is 0.0278. The highest BCUT2D eigenvalue weighted by atomic mass is 16.3. The van der Waals surface area contributed by atoms with Crippen LogP contribution in [-0.4, -0.2) is 32.3 Å². The number of hydrogen-bond donors (Lipinski definition) is 2. The number of carbonyl (C=O) groups excluding carboxylic acids is 1. The molecule has 3 heterocycles. The van der Waals surface area contributed by atoms with Crippen LogP contribution in [0.4, 0.5) is 0 Å². The molecule has 0 atom stereocenters. The van der Waals surface area contributed by atoms with E-state index in [1.165, 1.54) is 5.56 Å². The number of nitrogens with zero attached hydrogens (tertiary/aromatic N) is 3. The van der Waals surface area contributed by atoms with E-state index in [0.29, 0.717) is 18.8 Å². The van der Waals surface area contributed by atoms with Gasteiger partial charge in [0.25, 0.3) is 5.91 Å². The first-order valence-electron chi connectivity index (χ1n) is 9.03. The summed E-state index contributed by atoms with van der Waals surface area (Å²) in [6, 6.07) is 9.07. The van der Waals surface area contributed by atoms with Crippen molar-refractivity contribution in [1.82, 2.24) is 20.1 Å². The molecule has 1 aliphatic heterocycles. The second-order valence-corrected chi connectivity index (χ2v) is 6.85. The van der Waals surface area contributed by atoms with Gasteiger partial charge < -0.3 is 10.4 Å². The number of carbonyl (C=O) groups is 1. The number of benzene rings is 1. The van der Waals surface area contributed by atoms with E-state index in [-0.39, 0.29) is 11.7 Å². The first-order valence-corrected chi connectivity index (χ1v) is 9.03. The molecule has 0 unspecified atom stereocenters. The van der Waals surface area contributed by atoms with Crippen molar-refractivity contribution in [2.24, 2.45) is 0 Å². The lowest BCUT2D eigenvalue weighted by Crippen LogP contribution is -2.36. The number of phenols is 1. The molecule has 1 aliphatic carbocycles. The molecule has 0 saturated carbocycles. The Morgan fingerprint density at radius 3 is 2.85 bits per heavy atom. The molecular formula is C21H18N4O2. The van der Waals surface area contributed by atoms with Gasteiger partial charge in [0, 0.05) is 23.9 Å². The molecule has 1 amide bonds. The molecule has 2 aromatic heterocycles. The summed E-state index contributed by atoms with van der Waals surface area (Å²) in [5.74, 6) is 0.222. The quantitative estimate of drug-likeness (QED) is 0.738. The largest absolute Gasteiger partial charge is 0.508 e. The van der Waals surface area contributed by atoms with Crippen LogP contribution < -0.4 is 5.32 Å². The summed E-state index contributed by atoms with van der Waals surface area (Å²) in [5.41, 5.74) is 6.71. The fraction of sp³-hybridized carbons (Fsp3) is 0.190. The van der Waals surface area contributed by atoms with Gasteiger partial charge in [-0.3, -0.25) is 14.5 Å². The summed E-state index contributed by atoms with van der Waals surface area (Å²) < 4.78 is 1.84. The van der Waals surface area contributed by atoms with Crippen molar-refractivity contribution in [3.63, 3.8) is 0 Å². The number of nitrogens with one attached hydrogen (secondary N) is 1. The molecule has 3 aromatic rings. The molecule has 6 nitrogen and oxygen atoms in total. The van der Waals surface area contributed by atoms with Gasteiger partial charge in [0.05, 0.1) is 17.9 Å². The van der Waals surface area contributed by atoms with E-state index in [1.807, 2.05) is 41.2 Å². The van der Waals surface area contributed by atoms with E-state index in [4.69, 9.17) is 5.10 Å². The number of aromatic nitrogens is 3. The second-order valence-electron chi connectivity index (χ2n) is 6.85. The van der Waals surface area contributed by atoms with Gasteiger partial charge in [-0.1, -0.05) is 18.2 Å². The Balaban J connectivity index is 1.53. The summed E-state index contributed by atoms with van der Waals surface area (Å²) in [7, 11) is 0. The van der Waals surface area contributed by atoms with Crippen molar-refractivity contribution in [3.05, 3.63) is 64.6 Å². The SMILES string of the molecule is O=C1NCCn2nc3c(c21)CCc1cnc(C=Cc2ccc(O)cc2)cc1-3. The summed E-state index contributed by atoms with van der Waals surface area (Å²) >= 11 is 0. The van der Waals surface area contributed by atoms with Crippen LogP contribution in [0.15, 0.2) is 36.5 Å². The molecule has 0 fully saturated rings. The van der Waals surface area contributed by atoms with Crippen molar-refractivity contribution >= 4 is 18.1 Å². The second kappa shape index (κ2) is 6.09. The standard InChI is InChI=1S/C21H18N4O2/c26-16-6-2-13(3-7-16)1-5-15-11-18-14(12-23-15)4-8-17-19(18)24-25-10-9-22-21(27)20(17)25/h1-3,5-7,11-12,26H,4,8-10H2,(H,22,27). The van der Waals surface area contributed by atoms with Crippen LogP contribution in [0.25, 0.3) is 23.4 Å². The zero-order chi connectivity index (χ0) is 18.4. The topological polar surface area (TPSA) is 80.0 Å². The van der Waals surface area contributed by atoms with E-state index in [1.54, 1.807) is 12.1 Å². The normalized spacial score (nSPS) is 15.2. The van der Waals surface area contributed by atoms with Crippen LogP contribution in [0.1, 0.15) is 32.9 Å². The fourth-order valence-electron chi connectivity index (χ4n) is 3.76. The number of phenolic OH excluding ortho intramolecular Hbond substituents is 1. The molecule has 2 N–H and O–H groups in total. The highest BCUT2D eigenvalue weighted by molar-refractivity contribution is 5.97. The average molecular weight is 358 g/mol. The number of aromatic hydroxyl groups is 1. The lowest BCUT2D eigenvalue weighted by atomic mass is 9.89. The molecule has 0 saturated heterocycles. The Hall–Kier alpha value is -3.41. The Kier molecular flexibility index (Phi) is 3.57. The molecule has 27 heavy (non-hydrogen) atoms. The first-order chi connectivity index (χ1) is 13.2. The first kappa shape index (κ1) is 15.8. The van der Waals surface area contributed by atoms with Crippen LogP contribution in [0.2, 0.25) is 0 Å². The minimum atomic E-state index is -0.0278. The van der Waals surface area contributed by atoms with E-state index in [9.17, 15) is 9.90 Å². The molecule has 0 radical (unpaired) electrons. The lowest BCUT2D eigenvalue weighted by Gasteiger charge is -2.17. The van der Waals surface area contributed by atoms with Crippen LogP contribution in [0, 0.1) is 0 Å². The maximum absolute atomic E-state index is 12.3. The highest BCUT2D eigenvalue weighted by Crippen LogP contribution is 2.35. The van der Waals surface area contributed by atoms with Crippen molar-refractivity contribution in [3.8, 4) is 17.0 Å². The summed E-state index contributed by atoms with van der Waals surface area (Å²) in [4.78, 5) is 16.8. The van der Waals surface area contributed by atoms with Crippen molar-refractivity contribution in [2.75, 3.05) is 6.54 Å². The average Bonchev–Trinajstić information content (AvgIpc) is 3.08. The number of rotatable bonds is 2. The van der Waals surface area contributed by atoms with Gasteiger partial charge in [-0.05, 0) is 48.2 Å². The van der Waals surface area contributed by atoms with Crippen molar-refractivity contribution < 1.29 is 9.90 Å². The zero-order valence-electron chi connectivity index (χ0n) is 14.6. The molecular weight excluding hydrogens is 340 g/mol. The fourth-order valence-corrected chi connectivity index (χ4v) is 3.76. The molecule has 1 aromatic carbocycles. The summed E-state index contributed by atoms with van der Waals surface area (Å²) in [6.45, 7) is 1.33. The van der Waals surface area contributed by atoms with Gasteiger partial charge in [-0.15, -0.1) is 0 Å². The molecule has 0 spiro atoms. The number of pyridine rings is 1. The Morgan fingerprint density at radius 2 is 2.00 bits per heavy atom. The van der Waals surface area contributed by atoms with Crippen LogP contribution >= 0.6 is 0 Å². The Labute approximate surface area is 156 Å². The zero-order valence-corrected chi connectivity index (χ0v) is 14.6.